The molecular weight excluding hydrogens is 364 g/mol. The van der Waals surface area contributed by atoms with Gasteiger partial charge in [0.25, 0.3) is 0 Å². The molecule has 0 radical (unpaired) electrons. The number of ether oxygens (including phenoxy) is 1. The average Bonchev–Trinajstić information content (AvgIpc) is 3.24. The molecule has 0 aliphatic carbocycles. The number of halogens is 1. The maximum absolute atomic E-state index is 6.08. The molecular formula is C16H13ClN4OS2. The van der Waals surface area contributed by atoms with Gasteiger partial charge in [0, 0.05) is 22.0 Å². The summed E-state index contributed by atoms with van der Waals surface area (Å²) in [5.74, 6) is 0.719. The second kappa shape index (κ2) is 6.08. The van der Waals surface area contributed by atoms with Crippen molar-refractivity contribution in [3.8, 4) is 17.1 Å². The van der Waals surface area contributed by atoms with Crippen molar-refractivity contribution in [1.82, 2.24) is 14.4 Å². The molecule has 0 aliphatic rings. The average molecular weight is 377 g/mol. The highest BCUT2D eigenvalue weighted by molar-refractivity contribution is 7.15. The van der Waals surface area contributed by atoms with E-state index in [9.17, 15) is 0 Å². The summed E-state index contributed by atoms with van der Waals surface area (Å²) in [4.78, 5) is 10.2. The summed E-state index contributed by atoms with van der Waals surface area (Å²) in [6.45, 7) is 2.00. The van der Waals surface area contributed by atoms with E-state index >= 15 is 0 Å². The van der Waals surface area contributed by atoms with Crippen LogP contribution in [0.25, 0.3) is 16.3 Å². The van der Waals surface area contributed by atoms with Gasteiger partial charge in [-0.05, 0) is 25.1 Å². The maximum Gasteiger partial charge on any atom is 0.194 e. The van der Waals surface area contributed by atoms with E-state index in [-0.39, 0.29) is 0 Å². The predicted molar refractivity (Wildman–Crippen MR) is 100 cm³/mol. The molecule has 0 saturated heterocycles. The second-order valence-electron chi connectivity index (χ2n) is 5.11. The molecule has 0 fully saturated rings. The van der Waals surface area contributed by atoms with E-state index in [4.69, 9.17) is 21.3 Å². The van der Waals surface area contributed by atoms with Crippen molar-refractivity contribution in [2.45, 2.75) is 6.92 Å². The Balaban J connectivity index is 1.70. The fourth-order valence-electron chi connectivity index (χ4n) is 2.54. The molecule has 24 heavy (non-hydrogen) atoms. The Morgan fingerprint density at radius 1 is 1.25 bits per heavy atom. The minimum Gasteiger partial charge on any atom is -0.495 e. The first-order valence-corrected chi connectivity index (χ1v) is 9.28. The van der Waals surface area contributed by atoms with Crippen molar-refractivity contribution in [2.75, 3.05) is 12.4 Å². The monoisotopic (exact) mass is 376 g/mol. The molecule has 122 valence electrons. The second-order valence-corrected chi connectivity index (χ2v) is 7.28. The van der Waals surface area contributed by atoms with Crippen LogP contribution in [0, 0.1) is 6.92 Å². The summed E-state index contributed by atoms with van der Waals surface area (Å²) in [6, 6.07) is 5.44. The highest BCUT2D eigenvalue weighted by atomic mass is 35.5. The fourth-order valence-corrected chi connectivity index (χ4v) is 4.17. The summed E-state index contributed by atoms with van der Waals surface area (Å²) in [7, 11) is 1.63. The van der Waals surface area contributed by atoms with E-state index in [0.717, 1.165) is 38.6 Å². The van der Waals surface area contributed by atoms with Crippen LogP contribution in [0.2, 0.25) is 5.02 Å². The van der Waals surface area contributed by atoms with Gasteiger partial charge in [-0.2, -0.15) is 0 Å². The molecule has 0 aliphatic heterocycles. The lowest BCUT2D eigenvalue weighted by Crippen LogP contribution is -1.94. The van der Waals surface area contributed by atoms with E-state index in [0.29, 0.717) is 5.02 Å². The zero-order chi connectivity index (χ0) is 16.7. The number of nitrogens with one attached hydrogen (secondary N) is 1. The molecule has 0 saturated carbocycles. The normalized spacial score (nSPS) is 11.1. The number of nitrogens with zero attached hydrogens (tertiary/aromatic N) is 3. The zero-order valence-electron chi connectivity index (χ0n) is 12.9. The van der Waals surface area contributed by atoms with Crippen LogP contribution in [-0.2, 0) is 0 Å². The molecule has 1 N–H and O–H groups in total. The van der Waals surface area contributed by atoms with Crippen molar-refractivity contribution in [3.05, 3.63) is 45.9 Å². The highest BCUT2D eigenvalue weighted by Gasteiger charge is 2.15. The van der Waals surface area contributed by atoms with E-state index in [1.165, 1.54) is 11.3 Å². The summed E-state index contributed by atoms with van der Waals surface area (Å²) >= 11 is 9.22. The van der Waals surface area contributed by atoms with E-state index < -0.39 is 0 Å². The SMILES string of the molecule is COc1ccc(Cl)cc1Nc1nc(-c2c(C)nc3sccn23)cs1. The number of anilines is 2. The largest absolute Gasteiger partial charge is 0.495 e. The Morgan fingerprint density at radius 2 is 2.12 bits per heavy atom. The number of hydrogen-bond acceptors (Lipinski definition) is 6. The van der Waals surface area contributed by atoms with Gasteiger partial charge in [0.05, 0.1) is 24.2 Å². The molecule has 0 unspecified atom stereocenters. The van der Waals surface area contributed by atoms with E-state index in [2.05, 4.69) is 14.7 Å². The third-order valence-electron chi connectivity index (χ3n) is 3.59. The number of imidazole rings is 1. The first-order chi connectivity index (χ1) is 11.7. The van der Waals surface area contributed by atoms with Crippen LogP contribution >= 0.6 is 34.3 Å². The summed E-state index contributed by atoms with van der Waals surface area (Å²) in [5, 5.41) is 8.74. The van der Waals surface area contributed by atoms with Gasteiger partial charge in [-0.1, -0.05) is 11.6 Å². The first-order valence-electron chi connectivity index (χ1n) is 7.14. The zero-order valence-corrected chi connectivity index (χ0v) is 15.3. The Labute approximate surface area is 151 Å². The number of hydrogen-bond donors (Lipinski definition) is 1. The standard InChI is InChI=1S/C16H13ClN4OS2/c1-9-14(21-5-6-23-16(21)18-9)12-8-24-15(20-12)19-11-7-10(17)3-4-13(11)22-2/h3-8H,1-2H3,(H,19,20). The van der Waals surface area contributed by atoms with E-state index in [1.54, 1.807) is 24.5 Å². The van der Waals surface area contributed by atoms with Gasteiger partial charge in [-0.15, -0.1) is 22.7 Å². The molecule has 5 nitrogen and oxygen atoms in total. The molecule has 3 aromatic heterocycles. The fraction of sp³-hybridized carbons (Fsp3) is 0.125. The maximum atomic E-state index is 6.08. The lowest BCUT2D eigenvalue weighted by atomic mass is 10.3. The Hall–Kier alpha value is -2.09. The number of aromatic nitrogens is 3. The summed E-state index contributed by atoms with van der Waals surface area (Å²) in [5.41, 5.74) is 3.68. The van der Waals surface area contributed by atoms with Crippen LogP contribution in [0.4, 0.5) is 10.8 Å². The third kappa shape index (κ3) is 2.64. The van der Waals surface area contributed by atoms with Crippen LogP contribution in [0.15, 0.2) is 35.2 Å². The van der Waals surface area contributed by atoms with Gasteiger partial charge in [-0.25, -0.2) is 9.97 Å². The first kappa shape index (κ1) is 15.4. The molecule has 8 heteroatoms. The minimum absolute atomic E-state index is 0.640. The minimum atomic E-state index is 0.640. The number of fused-ring (bicyclic) bond motifs is 1. The Kier molecular flexibility index (Phi) is 3.91. The molecule has 0 spiro atoms. The molecule has 1 aromatic carbocycles. The Bertz CT molecular complexity index is 1020. The molecule has 4 aromatic rings. The molecule has 0 amide bonds. The van der Waals surface area contributed by atoms with Crippen molar-refractivity contribution in [3.63, 3.8) is 0 Å². The lowest BCUT2D eigenvalue weighted by Gasteiger charge is -2.09. The van der Waals surface area contributed by atoms with Gasteiger partial charge >= 0.3 is 0 Å². The van der Waals surface area contributed by atoms with Gasteiger partial charge < -0.3 is 10.1 Å². The van der Waals surface area contributed by atoms with Crippen molar-refractivity contribution in [1.29, 1.82) is 0 Å². The number of thiazole rings is 2. The molecule has 4 rings (SSSR count). The number of rotatable bonds is 4. The van der Waals surface area contributed by atoms with E-state index in [1.807, 2.05) is 36.0 Å². The predicted octanol–water partition coefficient (Wildman–Crippen LogP) is 5.23. The van der Waals surface area contributed by atoms with Crippen LogP contribution in [0.3, 0.4) is 0 Å². The highest BCUT2D eigenvalue weighted by Crippen LogP contribution is 2.34. The van der Waals surface area contributed by atoms with Crippen LogP contribution in [-0.4, -0.2) is 21.5 Å². The van der Waals surface area contributed by atoms with Crippen molar-refractivity contribution >= 4 is 50.1 Å². The van der Waals surface area contributed by atoms with Gasteiger partial charge in [0.1, 0.15) is 11.4 Å². The smallest absolute Gasteiger partial charge is 0.194 e. The van der Waals surface area contributed by atoms with Gasteiger partial charge in [-0.3, -0.25) is 4.40 Å². The molecule has 0 bridgehead atoms. The van der Waals surface area contributed by atoms with Crippen LogP contribution in [0.5, 0.6) is 5.75 Å². The van der Waals surface area contributed by atoms with Gasteiger partial charge in [0.15, 0.2) is 10.1 Å². The Morgan fingerprint density at radius 3 is 2.96 bits per heavy atom. The van der Waals surface area contributed by atoms with Crippen LogP contribution < -0.4 is 10.1 Å². The van der Waals surface area contributed by atoms with Gasteiger partial charge in [0.2, 0.25) is 0 Å². The van der Waals surface area contributed by atoms with Crippen molar-refractivity contribution in [2.24, 2.45) is 0 Å². The van der Waals surface area contributed by atoms with Crippen LogP contribution in [0.1, 0.15) is 5.69 Å². The molecule has 0 atom stereocenters. The van der Waals surface area contributed by atoms with Crippen molar-refractivity contribution < 1.29 is 4.74 Å². The lowest BCUT2D eigenvalue weighted by molar-refractivity contribution is 0.417. The number of benzene rings is 1. The molecule has 3 heterocycles. The third-order valence-corrected chi connectivity index (χ3v) is 5.34. The number of methoxy groups -OCH3 is 1. The summed E-state index contributed by atoms with van der Waals surface area (Å²) < 4.78 is 7.43. The quantitative estimate of drug-likeness (QED) is 0.529. The summed E-state index contributed by atoms with van der Waals surface area (Å²) in [6.07, 6.45) is 2.02. The number of aryl methyl sites for hydroxylation is 1. The topological polar surface area (TPSA) is 51.5 Å².